The van der Waals surface area contributed by atoms with Crippen molar-refractivity contribution in [3.8, 4) is 0 Å². The summed E-state index contributed by atoms with van der Waals surface area (Å²) >= 11 is 6.01. The molecule has 19 heavy (non-hydrogen) atoms. The highest BCUT2D eigenvalue weighted by molar-refractivity contribution is 6.28. The van der Waals surface area contributed by atoms with Crippen LogP contribution in [0.1, 0.15) is 13.8 Å². The Morgan fingerprint density at radius 2 is 2.00 bits per heavy atom. The summed E-state index contributed by atoms with van der Waals surface area (Å²) < 4.78 is 5.74. The first-order valence-corrected chi connectivity index (χ1v) is 6.70. The van der Waals surface area contributed by atoms with Crippen molar-refractivity contribution in [1.82, 2.24) is 15.0 Å². The first-order valence-electron chi connectivity index (χ1n) is 6.32. The van der Waals surface area contributed by atoms with E-state index >= 15 is 0 Å². The van der Waals surface area contributed by atoms with E-state index in [1.807, 2.05) is 12.1 Å². The minimum absolute atomic E-state index is 0.163. The molecule has 0 unspecified atom stereocenters. The Morgan fingerprint density at radius 3 is 2.74 bits per heavy atom. The van der Waals surface area contributed by atoms with E-state index in [9.17, 15) is 0 Å². The van der Waals surface area contributed by atoms with Gasteiger partial charge in [-0.3, -0.25) is 4.98 Å². The highest BCUT2D eigenvalue weighted by atomic mass is 35.5. The summed E-state index contributed by atoms with van der Waals surface area (Å²) in [5.41, 5.74) is 1.55. The first kappa shape index (κ1) is 12.6. The lowest BCUT2D eigenvalue weighted by Crippen LogP contribution is -2.46. The summed E-state index contributed by atoms with van der Waals surface area (Å²) in [6, 6.07) is 3.74. The molecule has 0 aromatic carbocycles. The smallest absolute Gasteiger partial charge is 0.225 e. The van der Waals surface area contributed by atoms with Crippen LogP contribution in [-0.2, 0) is 4.74 Å². The van der Waals surface area contributed by atoms with Crippen molar-refractivity contribution in [2.45, 2.75) is 26.1 Å². The van der Waals surface area contributed by atoms with Crippen LogP contribution in [0.4, 0.5) is 5.82 Å². The number of hydrogen-bond donors (Lipinski definition) is 0. The first-order chi connectivity index (χ1) is 9.13. The molecule has 5 nitrogen and oxygen atoms in total. The molecule has 1 aliphatic rings. The topological polar surface area (TPSA) is 51.1 Å². The van der Waals surface area contributed by atoms with Gasteiger partial charge in [0.05, 0.1) is 17.7 Å². The SMILES string of the molecule is C[C@@H]1CN(c2nc(Cl)nc3cccnc23)C[C@H](C)O1. The molecule has 2 aromatic heterocycles. The molecule has 2 atom stereocenters. The zero-order chi connectivity index (χ0) is 13.4. The van der Waals surface area contributed by atoms with Gasteiger partial charge in [0.25, 0.3) is 0 Å². The molecule has 100 valence electrons. The van der Waals surface area contributed by atoms with Crippen molar-refractivity contribution in [2.75, 3.05) is 18.0 Å². The van der Waals surface area contributed by atoms with Crippen molar-refractivity contribution in [1.29, 1.82) is 0 Å². The predicted molar refractivity (Wildman–Crippen MR) is 74.6 cm³/mol. The van der Waals surface area contributed by atoms with E-state index in [2.05, 4.69) is 33.7 Å². The van der Waals surface area contributed by atoms with E-state index in [4.69, 9.17) is 16.3 Å². The lowest BCUT2D eigenvalue weighted by molar-refractivity contribution is -0.00538. The lowest BCUT2D eigenvalue weighted by atomic mass is 10.2. The Labute approximate surface area is 116 Å². The fraction of sp³-hybridized carbons (Fsp3) is 0.462. The molecule has 0 aliphatic carbocycles. The summed E-state index contributed by atoms with van der Waals surface area (Å²) in [4.78, 5) is 15.1. The normalized spacial score (nSPS) is 23.8. The maximum absolute atomic E-state index is 6.01. The summed E-state index contributed by atoms with van der Waals surface area (Å²) in [7, 11) is 0. The molecule has 0 radical (unpaired) electrons. The average Bonchev–Trinajstić information content (AvgIpc) is 2.36. The second kappa shape index (κ2) is 4.90. The minimum atomic E-state index is 0.163. The van der Waals surface area contributed by atoms with Gasteiger partial charge >= 0.3 is 0 Å². The standard InChI is InChI=1S/C13H15ClN4O/c1-8-6-18(7-9(2)19-8)12-11-10(4-3-5-15-11)16-13(14)17-12/h3-5,8-9H,6-7H2,1-2H3/t8-,9+. The number of halogens is 1. The number of anilines is 1. The lowest BCUT2D eigenvalue weighted by Gasteiger charge is -2.36. The third kappa shape index (κ3) is 2.48. The van der Waals surface area contributed by atoms with Gasteiger partial charge in [0.2, 0.25) is 5.28 Å². The molecule has 3 rings (SSSR count). The van der Waals surface area contributed by atoms with Gasteiger partial charge in [-0.2, -0.15) is 4.98 Å². The largest absolute Gasteiger partial charge is 0.372 e. The Bertz CT molecular complexity index is 596. The zero-order valence-corrected chi connectivity index (χ0v) is 11.6. The highest BCUT2D eigenvalue weighted by Gasteiger charge is 2.25. The molecular weight excluding hydrogens is 264 g/mol. The quantitative estimate of drug-likeness (QED) is 0.749. The van der Waals surface area contributed by atoms with Gasteiger partial charge in [-0.05, 0) is 37.6 Å². The molecule has 0 amide bonds. The van der Waals surface area contributed by atoms with Crippen molar-refractivity contribution in [3.63, 3.8) is 0 Å². The van der Waals surface area contributed by atoms with Crippen molar-refractivity contribution in [3.05, 3.63) is 23.6 Å². The number of pyridine rings is 1. The van der Waals surface area contributed by atoms with E-state index in [0.29, 0.717) is 0 Å². The summed E-state index contributed by atoms with van der Waals surface area (Å²) in [5.74, 6) is 0.789. The van der Waals surface area contributed by atoms with Gasteiger partial charge in [0, 0.05) is 19.3 Å². The maximum Gasteiger partial charge on any atom is 0.225 e. The van der Waals surface area contributed by atoms with Crippen LogP contribution in [0.15, 0.2) is 18.3 Å². The zero-order valence-electron chi connectivity index (χ0n) is 10.9. The van der Waals surface area contributed by atoms with Crippen LogP contribution in [0.5, 0.6) is 0 Å². The summed E-state index contributed by atoms with van der Waals surface area (Å²) in [5, 5.41) is 0.252. The molecule has 0 N–H and O–H groups in total. The number of rotatable bonds is 1. The summed E-state index contributed by atoms with van der Waals surface area (Å²) in [6.07, 6.45) is 2.07. The van der Waals surface area contributed by atoms with Gasteiger partial charge in [0.1, 0.15) is 5.52 Å². The second-order valence-corrected chi connectivity index (χ2v) is 5.19. The third-order valence-corrected chi connectivity index (χ3v) is 3.30. The average molecular weight is 279 g/mol. The maximum atomic E-state index is 6.01. The van der Waals surface area contributed by atoms with Crippen LogP contribution < -0.4 is 4.90 Å². The van der Waals surface area contributed by atoms with E-state index < -0.39 is 0 Å². The van der Waals surface area contributed by atoms with Crippen LogP contribution in [0.2, 0.25) is 5.28 Å². The molecule has 0 saturated carbocycles. The van der Waals surface area contributed by atoms with Gasteiger partial charge in [-0.25, -0.2) is 4.98 Å². The molecular formula is C13H15ClN4O. The van der Waals surface area contributed by atoms with Crippen LogP contribution in [0.3, 0.4) is 0 Å². The molecule has 1 saturated heterocycles. The summed E-state index contributed by atoms with van der Waals surface area (Å²) in [6.45, 7) is 5.68. The molecule has 6 heteroatoms. The van der Waals surface area contributed by atoms with Crippen molar-refractivity contribution < 1.29 is 4.74 Å². The van der Waals surface area contributed by atoms with Gasteiger partial charge in [-0.1, -0.05) is 0 Å². The van der Waals surface area contributed by atoms with E-state index in [1.165, 1.54) is 0 Å². The minimum Gasteiger partial charge on any atom is -0.372 e. The molecule has 3 heterocycles. The second-order valence-electron chi connectivity index (χ2n) is 4.85. The van der Waals surface area contributed by atoms with Crippen LogP contribution in [0, 0.1) is 0 Å². The van der Waals surface area contributed by atoms with E-state index in [1.54, 1.807) is 6.20 Å². The van der Waals surface area contributed by atoms with Crippen LogP contribution in [0.25, 0.3) is 11.0 Å². The Kier molecular flexibility index (Phi) is 3.24. The Balaban J connectivity index is 2.08. The van der Waals surface area contributed by atoms with Crippen molar-refractivity contribution >= 4 is 28.5 Å². The molecule has 0 spiro atoms. The number of morpholine rings is 1. The third-order valence-electron chi connectivity index (χ3n) is 3.13. The van der Waals surface area contributed by atoms with Gasteiger partial charge < -0.3 is 9.64 Å². The fourth-order valence-corrected chi connectivity index (χ4v) is 2.67. The fourth-order valence-electron chi connectivity index (χ4n) is 2.50. The van der Waals surface area contributed by atoms with Crippen LogP contribution >= 0.6 is 11.6 Å². The van der Waals surface area contributed by atoms with Crippen molar-refractivity contribution in [2.24, 2.45) is 0 Å². The van der Waals surface area contributed by atoms with E-state index in [-0.39, 0.29) is 17.5 Å². The number of hydrogen-bond acceptors (Lipinski definition) is 5. The molecule has 1 aliphatic heterocycles. The number of fused-ring (bicyclic) bond motifs is 1. The number of nitrogens with zero attached hydrogens (tertiary/aromatic N) is 4. The molecule has 1 fully saturated rings. The highest BCUT2D eigenvalue weighted by Crippen LogP contribution is 2.26. The number of aromatic nitrogens is 3. The van der Waals surface area contributed by atoms with Crippen LogP contribution in [-0.4, -0.2) is 40.2 Å². The molecule has 0 bridgehead atoms. The molecule has 2 aromatic rings. The van der Waals surface area contributed by atoms with Gasteiger partial charge in [0.15, 0.2) is 5.82 Å². The number of ether oxygens (including phenoxy) is 1. The van der Waals surface area contributed by atoms with E-state index in [0.717, 1.165) is 29.9 Å². The monoisotopic (exact) mass is 278 g/mol. The van der Waals surface area contributed by atoms with Gasteiger partial charge in [-0.15, -0.1) is 0 Å². The Hall–Kier alpha value is -1.46. The Morgan fingerprint density at radius 1 is 1.26 bits per heavy atom. The predicted octanol–water partition coefficient (Wildman–Crippen LogP) is 2.29.